The molecule has 0 saturated heterocycles. The molecule has 7 heteroatoms. The molecule has 140 valence electrons. The van der Waals surface area contributed by atoms with Crippen molar-refractivity contribution in [1.82, 2.24) is 19.7 Å². The number of carbonyl (C=O) groups excluding carboxylic acids is 1. The maximum Gasteiger partial charge on any atom is 0.246 e. The predicted molar refractivity (Wildman–Crippen MR) is 111 cm³/mol. The van der Waals surface area contributed by atoms with Gasteiger partial charge in [0.2, 0.25) is 5.95 Å². The van der Waals surface area contributed by atoms with Crippen molar-refractivity contribution in [3.05, 3.63) is 77.1 Å². The van der Waals surface area contributed by atoms with Crippen LogP contribution < -0.4 is 5.32 Å². The van der Waals surface area contributed by atoms with Gasteiger partial charge in [0, 0.05) is 22.8 Å². The average Bonchev–Trinajstić information content (AvgIpc) is 3.28. The number of allylic oxidation sites excluding steroid dienone is 2. The van der Waals surface area contributed by atoms with E-state index in [-0.39, 0.29) is 0 Å². The SMILES string of the molecule is Cc1cn(C/C(=C/C=O)Nc2n[nH]c(-c3ccccc3)n2)c2cccc(Cl)c12. The number of nitrogens with zero attached hydrogens (tertiary/aromatic N) is 3. The van der Waals surface area contributed by atoms with Gasteiger partial charge in [0.15, 0.2) is 5.82 Å². The summed E-state index contributed by atoms with van der Waals surface area (Å²) in [5.41, 5.74) is 3.69. The number of hydrogen-bond donors (Lipinski definition) is 2. The summed E-state index contributed by atoms with van der Waals surface area (Å²) >= 11 is 6.34. The summed E-state index contributed by atoms with van der Waals surface area (Å²) in [5.74, 6) is 1.06. The maximum atomic E-state index is 11.1. The Morgan fingerprint density at radius 2 is 2.04 bits per heavy atom. The highest BCUT2D eigenvalue weighted by Gasteiger charge is 2.11. The second-order valence-corrected chi connectivity index (χ2v) is 6.81. The number of aromatic amines is 1. The zero-order chi connectivity index (χ0) is 19.5. The molecule has 0 saturated carbocycles. The van der Waals surface area contributed by atoms with Crippen LogP contribution in [0.5, 0.6) is 0 Å². The lowest BCUT2D eigenvalue weighted by molar-refractivity contribution is -0.104. The van der Waals surface area contributed by atoms with Crippen LogP contribution in [0.25, 0.3) is 22.3 Å². The molecule has 0 atom stereocenters. The highest BCUT2D eigenvalue weighted by molar-refractivity contribution is 6.35. The quantitative estimate of drug-likeness (QED) is 0.372. The van der Waals surface area contributed by atoms with Gasteiger partial charge in [-0.25, -0.2) is 0 Å². The van der Waals surface area contributed by atoms with E-state index in [4.69, 9.17) is 11.6 Å². The van der Waals surface area contributed by atoms with Gasteiger partial charge in [0.1, 0.15) is 6.29 Å². The average molecular weight is 392 g/mol. The van der Waals surface area contributed by atoms with Gasteiger partial charge in [0.25, 0.3) is 0 Å². The summed E-state index contributed by atoms with van der Waals surface area (Å²) < 4.78 is 2.05. The van der Waals surface area contributed by atoms with E-state index >= 15 is 0 Å². The Labute approximate surface area is 166 Å². The molecule has 2 heterocycles. The summed E-state index contributed by atoms with van der Waals surface area (Å²) in [5, 5.41) is 12.0. The molecule has 0 spiro atoms. The normalized spacial score (nSPS) is 11.7. The van der Waals surface area contributed by atoms with Crippen LogP contribution in [0.15, 0.2) is 66.5 Å². The number of aryl methyl sites for hydroxylation is 1. The van der Waals surface area contributed by atoms with E-state index in [0.29, 0.717) is 29.0 Å². The van der Waals surface area contributed by atoms with Gasteiger partial charge in [-0.15, -0.1) is 5.10 Å². The third-order valence-corrected chi connectivity index (χ3v) is 4.77. The first kappa shape index (κ1) is 18.0. The van der Waals surface area contributed by atoms with Crippen molar-refractivity contribution in [2.24, 2.45) is 0 Å². The molecule has 0 radical (unpaired) electrons. The number of hydrogen-bond acceptors (Lipinski definition) is 4. The summed E-state index contributed by atoms with van der Waals surface area (Å²) in [6.45, 7) is 2.47. The van der Waals surface area contributed by atoms with Gasteiger partial charge in [-0.3, -0.25) is 9.89 Å². The van der Waals surface area contributed by atoms with Crippen LogP contribution in [-0.2, 0) is 11.3 Å². The van der Waals surface area contributed by atoms with Crippen LogP contribution in [0, 0.1) is 6.92 Å². The van der Waals surface area contributed by atoms with Gasteiger partial charge in [-0.05, 0) is 30.7 Å². The molecular weight excluding hydrogens is 374 g/mol. The van der Waals surface area contributed by atoms with Gasteiger partial charge in [-0.1, -0.05) is 48.0 Å². The maximum absolute atomic E-state index is 11.1. The van der Waals surface area contributed by atoms with Crippen molar-refractivity contribution >= 4 is 34.7 Å². The lowest BCUT2D eigenvalue weighted by atomic mass is 10.2. The lowest BCUT2D eigenvalue weighted by Crippen LogP contribution is -2.09. The fourth-order valence-electron chi connectivity index (χ4n) is 3.23. The second kappa shape index (κ2) is 7.70. The summed E-state index contributed by atoms with van der Waals surface area (Å²) in [7, 11) is 0. The highest BCUT2D eigenvalue weighted by Crippen LogP contribution is 2.28. The molecule has 0 fully saturated rings. The first-order chi connectivity index (χ1) is 13.7. The fraction of sp³-hybridized carbons (Fsp3) is 0.0952. The predicted octanol–water partition coefficient (Wildman–Crippen LogP) is 4.58. The molecule has 0 unspecified atom stereocenters. The van der Waals surface area contributed by atoms with Gasteiger partial charge in [0.05, 0.1) is 17.1 Å². The van der Waals surface area contributed by atoms with Crippen LogP contribution in [0.3, 0.4) is 0 Å². The topological polar surface area (TPSA) is 75.6 Å². The summed E-state index contributed by atoms with van der Waals surface area (Å²) in [6, 6.07) is 15.5. The van der Waals surface area contributed by atoms with Crippen molar-refractivity contribution in [2.75, 3.05) is 5.32 Å². The molecule has 28 heavy (non-hydrogen) atoms. The molecule has 6 nitrogen and oxygen atoms in total. The third-order valence-electron chi connectivity index (χ3n) is 4.46. The van der Waals surface area contributed by atoms with Crippen molar-refractivity contribution < 1.29 is 4.79 Å². The molecule has 0 aliphatic rings. The Morgan fingerprint density at radius 1 is 1.21 bits per heavy atom. The molecule has 2 aromatic heterocycles. The smallest absolute Gasteiger partial charge is 0.246 e. The molecule has 4 aromatic rings. The van der Waals surface area contributed by atoms with E-state index in [0.717, 1.165) is 28.3 Å². The number of fused-ring (bicyclic) bond motifs is 1. The molecule has 2 N–H and O–H groups in total. The van der Waals surface area contributed by atoms with Crippen molar-refractivity contribution in [3.63, 3.8) is 0 Å². The van der Waals surface area contributed by atoms with E-state index in [9.17, 15) is 4.79 Å². The minimum absolute atomic E-state index is 0.401. The minimum Gasteiger partial charge on any atom is -0.341 e. The second-order valence-electron chi connectivity index (χ2n) is 6.40. The number of H-pyrrole nitrogens is 1. The monoisotopic (exact) mass is 391 g/mol. The van der Waals surface area contributed by atoms with Gasteiger partial charge < -0.3 is 9.88 Å². The van der Waals surface area contributed by atoms with E-state index in [1.165, 1.54) is 6.08 Å². The Morgan fingerprint density at radius 3 is 2.82 bits per heavy atom. The summed E-state index contributed by atoms with van der Waals surface area (Å²) in [4.78, 5) is 15.6. The van der Waals surface area contributed by atoms with Crippen molar-refractivity contribution in [2.45, 2.75) is 13.5 Å². The summed E-state index contributed by atoms with van der Waals surface area (Å²) in [6.07, 6.45) is 4.24. The van der Waals surface area contributed by atoms with E-state index in [2.05, 4.69) is 20.5 Å². The third kappa shape index (κ3) is 3.54. The largest absolute Gasteiger partial charge is 0.341 e. The zero-order valence-electron chi connectivity index (χ0n) is 15.2. The number of carbonyl (C=O) groups is 1. The number of benzene rings is 2. The minimum atomic E-state index is 0.401. The Bertz CT molecular complexity index is 1160. The lowest BCUT2D eigenvalue weighted by Gasteiger charge is -2.10. The van der Waals surface area contributed by atoms with Crippen LogP contribution in [0.2, 0.25) is 5.02 Å². The zero-order valence-corrected chi connectivity index (χ0v) is 15.9. The Hall–Kier alpha value is -3.38. The molecule has 0 amide bonds. The Kier molecular flexibility index (Phi) is 4.95. The number of anilines is 1. The highest BCUT2D eigenvalue weighted by atomic mass is 35.5. The molecule has 4 rings (SSSR count). The number of aldehydes is 1. The molecule has 2 aromatic carbocycles. The Balaban J connectivity index is 1.60. The molecule has 0 bridgehead atoms. The van der Waals surface area contributed by atoms with Crippen LogP contribution in [-0.4, -0.2) is 26.0 Å². The standard InChI is InChI=1S/C21H18ClN5O/c1-14-12-27(18-9-5-8-17(22)19(14)18)13-16(10-11-28)23-21-24-20(25-26-21)15-6-3-2-4-7-15/h2-12H,13H2,1H3,(H2,23,24,25,26)/b16-10-. The van der Waals surface area contributed by atoms with E-state index < -0.39 is 0 Å². The number of aromatic nitrogens is 4. The molecule has 0 aliphatic heterocycles. The first-order valence-corrected chi connectivity index (χ1v) is 9.16. The van der Waals surface area contributed by atoms with E-state index in [1.54, 1.807) is 0 Å². The van der Waals surface area contributed by atoms with Gasteiger partial charge in [-0.2, -0.15) is 4.98 Å². The van der Waals surface area contributed by atoms with E-state index in [1.807, 2.05) is 66.2 Å². The molecular formula is C21H18ClN5O. The van der Waals surface area contributed by atoms with Crippen LogP contribution in [0.1, 0.15) is 5.56 Å². The van der Waals surface area contributed by atoms with Crippen molar-refractivity contribution in [3.8, 4) is 11.4 Å². The first-order valence-electron chi connectivity index (χ1n) is 8.79. The fourth-order valence-corrected chi connectivity index (χ4v) is 3.55. The number of halogens is 1. The van der Waals surface area contributed by atoms with Gasteiger partial charge >= 0.3 is 0 Å². The number of nitrogens with one attached hydrogen (secondary N) is 2. The van der Waals surface area contributed by atoms with Crippen LogP contribution in [0.4, 0.5) is 5.95 Å². The molecule has 0 aliphatic carbocycles. The number of rotatable bonds is 6. The van der Waals surface area contributed by atoms with Crippen LogP contribution >= 0.6 is 11.6 Å². The van der Waals surface area contributed by atoms with Crippen molar-refractivity contribution in [1.29, 1.82) is 0 Å².